The Morgan fingerprint density at radius 2 is 1.83 bits per heavy atom. The third-order valence-corrected chi connectivity index (χ3v) is 7.65. The number of thioether (sulfide) groups is 1. The third-order valence-electron chi connectivity index (χ3n) is 5.69. The summed E-state index contributed by atoms with van der Waals surface area (Å²) in [7, 11) is 0. The molecule has 0 radical (unpaired) electrons. The maximum atomic E-state index is 13.0. The molecule has 192 valence electrons. The summed E-state index contributed by atoms with van der Waals surface area (Å²) in [4.78, 5) is 25.7. The molecule has 2 amide bonds. The van der Waals surface area contributed by atoms with Crippen molar-refractivity contribution in [1.82, 2.24) is 20.1 Å². The highest BCUT2D eigenvalue weighted by atomic mass is 79.9. The zero-order valence-corrected chi connectivity index (χ0v) is 24.2. The van der Waals surface area contributed by atoms with Gasteiger partial charge in [-0.1, -0.05) is 49.3 Å². The van der Waals surface area contributed by atoms with Crippen LogP contribution in [0.25, 0.3) is 0 Å². The molecule has 2 aromatic carbocycles. The maximum absolute atomic E-state index is 13.0. The van der Waals surface area contributed by atoms with Crippen LogP contribution in [0.5, 0.6) is 0 Å². The molecule has 0 spiro atoms. The number of nitrogens with zero attached hydrogens (tertiary/aromatic N) is 3. The van der Waals surface area contributed by atoms with E-state index in [4.69, 9.17) is 11.6 Å². The average Bonchev–Trinajstić information content (AvgIpc) is 3.23. The largest absolute Gasteiger partial charge is 0.342 e. The number of aromatic nitrogens is 3. The minimum absolute atomic E-state index is 0.137. The van der Waals surface area contributed by atoms with E-state index in [9.17, 15) is 9.59 Å². The Balaban J connectivity index is 1.75. The molecule has 2 N–H and O–H groups in total. The van der Waals surface area contributed by atoms with E-state index in [2.05, 4.69) is 50.6 Å². The van der Waals surface area contributed by atoms with Crippen molar-refractivity contribution in [3.8, 4) is 0 Å². The lowest BCUT2D eigenvalue weighted by Gasteiger charge is -2.21. The van der Waals surface area contributed by atoms with E-state index in [1.54, 1.807) is 24.3 Å². The van der Waals surface area contributed by atoms with E-state index < -0.39 is 0 Å². The Morgan fingerprint density at radius 1 is 1.14 bits per heavy atom. The van der Waals surface area contributed by atoms with Crippen LogP contribution in [0.3, 0.4) is 0 Å². The fraction of sp³-hybridized carbons (Fsp3) is 0.385. The van der Waals surface area contributed by atoms with Gasteiger partial charge in [0.2, 0.25) is 5.91 Å². The Kier molecular flexibility index (Phi) is 9.99. The van der Waals surface area contributed by atoms with Crippen LogP contribution >= 0.6 is 39.3 Å². The smallest absolute Gasteiger partial charge is 0.253 e. The number of aryl methyl sites for hydroxylation is 2. The molecule has 1 atom stereocenters. The monoisotopic (exact) mass is 591 g/mol. The molecule has 1 heterocycles. The van der Waals surface area contributed by atoms with Gasteiger partial charge in [-0.25, -0.2) is 0 Å². The minimum Gasteiger partial charge on any atom is -0.342 e. The topological polar surface area (TPSA) is 88.9 Å². The van der Waals surface area contributed by atoms with Crippen molar-refractivity contribution < 1.29 is 9.59 Å². The number of carbonyl (C=O) groups is 2. The molecule has 0 saturated carbocycles. The van der Waals surface area contributed by atoms with Crippen LogP contribution in [0.1, 0.15) is 60.5 Å². The van der Waals surface area contributed by atoms with Gasteiger partial charge in [-0.2, -0.15) is 0 Å². The highest BCUT2D eigenvalue weighted by Crippen LogP contribution is 2.28. The fourth-order valence-electron chi connectivity index (χ4n) is 3.74. The van der Waals surface area contributed by atoms with E-state index in [0.717, 1.165) is 21.3 Å². The highest BCUT2D eigenvalue weighted by molar-refractivity contribution is 9.10. The van der Waals surface area contributed by atoms with Crippen LogP contribution in [0.15, 0.2) is 46.0 Å². The number of nitrogens with one attached hydrogen (secondary N) is 2. The van der Waals surface area contributed by atoms with Gasteiger partial charge in [0.1, 0.15) is 0 Å². The Labute approximate surface area is 229 Å². The lowest BCUT2D eigenvalue weighted by molar-refractivity contribution is -0.113. The molecular weight excluding hydrogens is 562 g/mol. The molecule has 1 aromatic heterocycles. The van der Waals surface area contributed by atoms with Crippen LogP contribution in [-0.4, -0.2) is 32.3 Å². The molecule has 7 nitrogen and oxygen atoms in total. The van der Waals surface area contributed by atoms with Gasteiger partial charge in [-0.15, -0.1) is 10.2 Å². The van der Waals surface area contributed by atoms with Crippen molar-refractivity contribution in [2.45, 2.75) is 58.8 Å². The van der Waals surface area contributed by atoms with Gasteiger partial charge >= 0.3 is 0 Å². The quantitative estimate of drug-likeness (QED) is 0.260. The second kappa shape index (κ2) is 12.7. The predicted octanol–water partition coefficient (Wildman–Crippen LogP) is 6.58. The summed E-state index contributed by atoms with van der Waals surface area (Å²) in [5.41, 5.74) is 3.40. The van der Waals surface area contributed by atoms with Crippen LogP contribution in [0, 0.1) is 19.8 Å². The molecule has 36 heavy (non-hydrogen) atoms. The van der Waals surface area contributed by atoms with E-state index in [1.807, 2.05) is 37.5 Å². The number of anilines is 1. The first-order valence-corrected chi connectivity index (χ1v) is 13.9. The average molecular weight is 593 g/mol. The van der Waals surface area contributed by atoms with Gasteiger partial charge in [0.15, 0.2) is 11.0 Å². The molecule has 10 heteroatoms. The third kappa shape index (κ3) is 7.11. The zero-order chi connectivity index (χ0) is 26.4. The SMILES string of the molecule is CCn1c(SCC(=O)Nc2cc(C)c(C)cc2Br)nnc1[C@H](CC(C)C)NC(=O)c1ccccc1Cl. The normalized spacial score (nSPS) is 12.0. The summed E-state index contributed by atoms with van der Waals surface area (Å²) in [6.07, 6.45) is 0.681. The lowest BCUT2D eigenvalue weighted by Crippen LogP contribution is -2.31. The van der Waals surface area contributed by atoms with Gasteiger partial charge < -0.3 is 15.2 Å². The van der Waals surface area contributed by atoms with Gasteiger partial charge in [0.25, 0.3) is 5.91 Å². The standard InChI is InChI=1S/C26H31BrClN5O2S/c1-6-33-24(22(11-15(2)3)30-25(35)18-9-7-8-10-20(18)28)31-32-26(33)36-14-23(34)29-21-13-17(5)16(4)12-19(21)27/h7-10,12-13,15,22H,6,11,14H2,1-5H3,(H,29,34)(H,30,35)/t22-/m0/s1. The first-order chi connectivity index (χ1) is 17.1. The van der Waals surface area contributed by atoms with Crippen LogP contribution in [0.4, 0.5) is 5.69 Å². The number of carbonyl (C=O) groups excluding carboxylic acids is 2. The molecule has 3 aromatic rings. The van der Waals surface area contributed by atoms with Crippen molar-refractivity contribution in [3.05, 3.63) is 68.4 Å². The summed E-state index contributed by atoms with van der Waals surface area (Å²) in [6, 6.07) is 10.5. The van der Waals surface area contributed by atoms with Crippen molar-refractivity contribution >= 4 is 56.8 Å². The first-order valence-electron chi connectivity index (χ1n) is 11.8. The summed E-state index contributed by atoms with van der Waals surface area (Å²) in [5, 5.41) is 15.8. The molecule has 3 rings (SSSR count). The summed E-state index contributed by atoms with van der Waals surface area (Å²) < 4.78 is 2.79. The molecule has 0 unspecified atom stereocenters. The second-order valence-electron chi connectivity index (χ2n) is 8.97. The number of hydrogen-bond acceptors (Lipinski definition) is 5. The van der Waals surface area contributed by atoms with E-state index >= 15 is 0 Å². The predicted molar refractivity (Wildman–Crippen MR) is 150 cm³/mol. The molecule has 0 saturated heterocycles. The summed E-state index contributed by atoms with van der Waals surface area (Å²) in [6.45, 7) is 10.8. The Hall–Kier alpha value is -2.36. The van der Waals surface area contributed by atoms with Gasteiger partial charge in [-0.05, 0) is 84.4 Å². The second-order valence-corrected chi connectivity index (χ2v) is 11.2. The molecular formula is C26H31BrClN5O2S. The van der Waals surface area contributed by atoms with Crippen LogP contribution in [0.2, 0.25) is 5.02 Å². The maximum Gasteiger partial charge on any atom is 0.253 e. The lowest BCUT2D eigenvalue weighted by atomic mass is 10.0. The van der Waals surface area contributed by atoms with E-state index in [1.165, 1.54) is 11.8 Å². The van der Waals surface area contributed by atoms with Crippen molar-refractivity contribution in [2.75, 3.05) is 11.1 Å². The highest BCUT2D eigenvalue weighted by Gasteiger charge is 2.25. The fourth-order valence-corrected chi connectivity index (χ4v) is 5.32. The summed E-state index contributed by atoms with van der Waals surface area (Å²) >= 11 is 11.1. The number of benzene rings is 2. The number of halogens is 2. The van der Waals surface area contributed by atoms with Crippen molar-refractivity contribution in [3.63, 3.8) is 0 Å². The molecule has 0 bridgehead atoms. The van der Waals surface area contributed by atoms with E-state index in [0.29, 0.717) is 40.5 Å². The van der Waals surface area contributed by atoms with Crippen molar-refractivity contribution in [1.29, 1.82) is 0 Å². The Bertz CT molecular complexity index is 1250. The molecule has 0 aliphatic heterocycles. The zero-order valence-electron chi connectivity index (χ0n) is 21.1. The minimum atomic E-state index is -0.351. The summed E-state index contributed by atoms with van der Waals surface area (Å²) in [5.74, 6) is 0.748. The number of rotatable bonds is 10. The molecule has 0 fully saturated rings. The van der Waals surface area contributed by atoms with Crippen LogP contribution in [-0.2, 0) is 11.3 Å². The van der Waals surface area contributed by atoms with Gasteiger partial charge in [0.05, 0.1) is 28.1 Å². The first kappa shape index (κ1) is 28.2. The van der Waals surface area contributed by atoms with Gasteiger partial charge in [-0.3, -0.25) is 9.59 Å². The van der Waals surface area contributed by atoms with Gasteiger partial charge in [0, 0.05) is 11.0 Å². The Morgan fingerprint density at radius 3 is 2.50 bits per heavy atom. The number of hydrogen-bond donors (Lipinski definition) is 2. The number of amides is 2. The molecule has 0 aliphatic rings. The molecule has 0 aliphatic carbocycles. The van der Waals surface area contributed by atoms with Crippen molar-refractivity contribution in [2.24, 2.45) is 5.92 Å². The van der Waals surface area contributed by atoms with E-state index in [-0.39, 0.29) is 23.6 Å². The van der Waals surface area contributed by atoms with Crippen LogP contribution < -0.4 is 10.6 Å².